The van der Waals surface area contributed by atoms with Crippen LogP contribution in [0.4, 0.5) is 0 Å². The van der Waals surface area contributed by atoms with Crippen molar-refractivity contribution >= 4 is 17.9 Å². The van der Waals surface area contributed by atoms with Crippen LogP contribution in [0.2, 0.25) is 0 Å². The van der Waals surface area contributed by atoms with Crippen molar-refractivity contribution < 1.29 is 28.6 Å². The maximum absolute atomic E-state index is 12.7. The van der Waals surface area contributed by atoms with E-state index in [4.69, 9.17) is 14.2 Å². The largest absolute Gasteiger partial charge is 0.462 e. The normalized spacial score (nSPS) is 12.7. The van der Waals surface area contributed by atoms with Crippen LogP contribution in [-0.4, -0.2) is 37.2 Å². The first kappa shape index (κ1) is 53.9. The lowest BCUT2D eigenvalue weighted by Gasteiger charge is -2.18. The van der Waals surface area contributed by atoms with Crippen LogP contribution in [0, 0.1) is 0 Å². The molecule has 0 rings (SSSR count). The summed E-state index contributed by atoms with van der Waals surface area (Å²) in [4.78, 5) is 37.7. The van der Waals surface area contributed by atoms with Gasteiger partial charge in [-0.25, -0.2) is 0 Å². The lowest BCUT2D eigenvalue weighted by Crippen LogP contribution is -2.30. The van der Waals surface area contributed by atoms with E-state index in [1.54, 1.807) is 0 Å². The van der Waals surface area contributed by atoms with Gasteiger partial charge in [0.15, 0.2) is 6.10 Å². The molecule has 0 spiro atoms. The van der Waals surface area contributed by atoms with E-state index in [9.17, 15) is 14.4 Å². The Labute approximate surface area is 351 Å². The van der Waals surface area contributed by atoms with E-state index in [1.165, 1.54) is 57.8 Å². The summed E-state index contributed by atoms with van der Waals surface area (Å²) < 4.78 is 16.7. The second kappa shape index (κ2) is 45.6. The number of esters is 3. The summed E-state index contributed by atoms with van der Waals surface area (Å²) in [5.74, 6) is -0.939. The van der Waals surface area contributed by atoms with E-state index in [1.807, 2.05) is 0 Å². The SMILES string of the molecule is CC/C=C\C/C=C\C/C=C\C/C=C\C/C=C\CCCCCC(=O)OCC(COC(=O)CCCCCCCCCCCC)OC(=O)CCCCCCC/C=C\CCC. The van der Waals surface area contributed by atoms with E-state index < -0.39 is 6.10 Å². The Hall–Kier alpha value is -3.15. The van der Waals surface area contributed by atoms with Crippen LogP contribution in [0.1, 0.15) is 213 Å². The van der Waals surface area contributed by atoms with Crippen molar-refractivity contribution in [1.82, 2.24) is 0 Å². The van der Waals surface area contributed by atoms with Crippen LogP contribution in [0.3, 0.4) is 0 Å². The molecule has 0 saturated carbocycles. The lowest BCUT2D eigenvalue weighted by atomic mass is 10.1. The predicted octanol–water partition coefficient (Wildman–Crippen LogP) is 15.1. The molecule has 0 aromatic carbocycles. The summed E-state index contributed by atoms with van der Waals surface area (Å²) in [5.41, 5.74) is 0. The molecule has 0 fully saturated rings. The highest BCUT2D eigenvalue weighted by Crippen LogP contribution is 2.13. The van der Waals surface area contributed by atoms with Crippen molar-refractivity contribution in [2.45, 2.75) is 219 Å². The molecular formula is C51H86O6. The highest BCUT2D eigenvalue weighted by atomic mass is 16.6. The van der Waals surface area contributed by atoms with E-state index in [2.05, 4.69) is 93.7 Å². The number of allylic oxidation sites excluding steroid dienone is 12. The lowest BCUT2D eigenvalue weighted by molar-refractivity contribution is -0.167. The van der Waals surface area contributed by atoms with Gasteiger partial charge in [-0.15, -0.1) is 0 Å². The summed E-state index contributed by atoms with van der Waals surface area (Å²) in [6.07, 6.45) is 56.0. The topological polar surface area (TPSA) is 78.9 Å². The number of hydrogen-bond acceptors (Lipinski definition) is 6. The second-order valence-corrected chi connectivity index (χ2v) is 15.3. The zero-order valence-corrected chi connectivity index (χ0v) is 37.1. The number of hydrogen-bond donors (Lipinski definition) is 0. The molecule has 0 N–H and O–H groups in total. The molecule has 326 valence electrons. The fourth-order valence-corrected chi connectivity index (χ4v) is 6.17. The average molecular weight is 795 g/mol. The van der Waals surface area contributed by atoms with Crippen LogP contribution in [0.25, 0.3) is 0 Å². The van der Waals surface area contributed by atoms with Gasteiger partial charge in [-0.2, -0.15) is 0 Å². The Bertz CT molecular complexity index is 1100. The van der Waals surface area contributed by atoms with Gasteiger partial charge in [0.25, 0.3) is 0 Å². The summed E-state index contributed by atoms with van der Waals surface area (Å²) in [5, 5.41) is 0. The number of ether oxygens (including phenoxy) is 3. The molecule has 0 amide bonds. The third-order valence-electron chi connectivity index (χ3n) is 9.68. The second-order valence-electron chi connectivity index (χ2n) is 15.3. The Kier molecular flexibility index (Phi) is 43.0. The molecule has 6 nitrogen and oxygen atoms in total. The highest BCUT2D eigenvalue weighted by molar-refractivity contribution is 5.71. The Morgan fingerprint density at radius 3 is 1.18 bits per heavy atom. The highest BCUT2D eigenvalue weighted by Gasteiger charge is 2.19. The molecule has 0 saturated heterocycles. The van der Waals surface area contributed by atoms with Gasteiger partial charge in [0.1, 0.15) is 13.2 Å². The first-order valence-corrected chi connectivity index (χ1v) is 23.4. The van der Waals surface area contributed by atoms with Crippen LogP contribution >= 0.6 is 0 Å². The summed E-state index contributed by atoms with van der Waals surface area (Å²) in [6, 6.07) is 0. The first-order chi connectivity index (χ1) is 28.0. The number of carbonyl (C=O) groups is 3. The van der Waals surface area contributed by atoms with Crippen LogP contribution < -0.4 is 0 Å². The fraction of sp³-hybridized carbons (Fsp3) is 0.706. The van der Waals surface area contributed by atoms with Gasteiger partial charge in [0.05, 0.1) is 0 Å². The summed E-state index contributed by atoms with van der Waals surface area (Å²) in [6.45, 7) is 6.40. The van der Waals surface area contributed by atoms with Crippen molar-refractivity contribution in [3.63, 3.8) is 0 Å². The molecule has 0 bridgehead atoms. The van der Waals surface area contributed by atoms with Gasteiger partial charge in [-0.1, -0.05) is 184 Å². The van der Waals surface area contributed by atoms with Crippen molar-refractivity contribution in [3.8, 4) is 0 Å². The minimum Gasteiger partial charge on any atom is -0.462 e. The third kappa shape index (κ3) is 43.8. The number of rotatable bonds is 41. The summed E-state index contributed by atoms with van der Waals surface area (Å²) >= 11 is 0. The van der Waals surface area contributed by atoms with Gasteiger partial charge >= 0.3 is 17.9 Å². The zero-order valence-electron chi connectivity index (χ0n) is 37.1. The van der Waals surface area contributed by atoms with Crippen molar-refractivity contribution in [2.75, 3.05) is 13.2 Å². The molecule has 6 heteroatoms. The van der Waals surface area contributed by atoms with Gasteiger partial charge < -0.3 is 14.2 Å². The van der Waals surface area contributed by atoms with Gasteiger partial charge in [-0.05, 0) is 83.5 Å². The van der Waals surface area contributed by atoms with Crippen molar-refractivity contribution in [2.24, 2.45) is 0 Å². The van der Waals surface area contributed by atoms with Crippen LogP contribution in [0.5, 0.6) is 0 Å². The average Bonchev–Trinajstić information content (AvgIpc) is 3.21. The van der Waals surface area contributed by atoms with Crippen LogP contribution in [0.15, 0.2) is 72.9 Å². The number of carbonyl (C=O) groups excluding carboxylic acids is 3. The molecule has 0 aromatic rings. The minimum atomic E-state index is -0.789. The molecule has 0 aliphatic rings. The van der Waals surface area contributed by atoms with E-state index >= 15 is 0 Å². The maximum atomic E-state index is 12.7. The third-order valence-corrected chi connectivity index (χ3v) is 9.68. The van der Waals surface area contributed by atoms with Gasteiger partial charge in [0.2, 0.25) is 0 Å². The molecular weight excluding hydrogens is 709 g/mol. The molecule has 57 heavy (non-hydrogen) atoms. The fourth-order valence-electron chi connectivity index (χ4n) is 6.17. The molecule has 0 heterocycles. The zero-order chi connectivity index (χ0) is 41.5. The standard InChI is InChI=1S/C51H86O6/c1-4-7-10-13-16-19-22-23-24-25-26-27-28-29-30-33-35-38-41-44-50(53)56-47-48(57-51(54)45-42-39-36-32-21-18-15-12-9-6-3)46-55-49(52)43-40-37-34-31-20-17-14-11-8-5-2/h7,10,12,15-16,19,23-24,26-27,29-30,48H,4-6,8-9,11,13-14,17-18,20-22,25,28,31-47H2,1-3H3/b10-7-,15-12-,19-16-,24-23-,27-26-,30-29-. The molecule has 0 aromatic heterocycles. The molecule has 1 unspecified atom stereocenters. The quantitative estimate of drug-likeness (QED) is 0.0265. The first-order valence-electron chi connectivity index (χ1n) is 23.4. The van der Waals surface area contributed by atoms with E-state index in [0.29, 0.717) is 19.3 Å². The minimum absolute atomic E-state index is 0.0889. The Morgan fingerprint density at radius 1 is 0.368 bits per heavy atom. The maximum Gasteiger partial charge on any atom is 0.306 e. The van der Waals surface area contributed by atoms with Crippen molar-refractivity contribution in [3.05, 3.63) is 72.9 Å². The predicted molar refractivity (Wildman–Crippen MR) is 242 cm³/mol. The number of unbranched alkanes of at least 4 members (excludes halogenated alkanes) is 18. The van der Waals surface area contributed by atoms with E-state index in [-0.39, 0.29) is 31.1 Å². The monoisotopic (exact) mass is 795 g/mol. The molecule has 1 atom stereocenters. The van der Waals surface area contributed by atoms with Gasteiger partial charge in [-0.3, -0.25) is 14.4 Å². The molecule has 0 aliphatic heterocycles. The van der Waals surface area contributed by atoms with Crippen molar-refractivity contribution in [1.29, 1.82) is 0 Å². The van der Waals surface area contributed by atoms with E-state index in [0.717, 1.165) is 116 Å². The molecule has 0 aliphatic carbocycles. The molecule has 0 radical (unpaired) electrons. The summed E-state index contributed by atoms with van der Waals surface area (Å²) in [7, 11) is 0. The Balaban J connectivity index is 4.39. The Morgan fingerprint density at radius 2 is 0.719 bits per heavy atom. The smallest absolute Gasteiger partial charge is 0.306 e. The van der Waals surface area contributed by atoms with Crippen LogP contribution in [-0.2, 0) is 28.6 Å². The van der Waals surface area contributed by atoms with Gasteiger partial charge in [0, 0.05) is 19.3 Å².